The third-order valence-corrected chi connectivity index (χ3v) is 5.12. The molecule has 2 aromatic rings. The van der Waals surface area contributed by atoms with Crippen LogP contribution in [0.15, 0.2) is 52.4 Å². The molecule has 0 amide bonds. The minimum Gasteiger partial charge on any atom is -0.368 e. The number of benzene rings is 2. The zero-order valence-corrected chi connectivity index (χ0v) is 16.8. The number of aliphatic imine (C=N–C) groups is 2. The van der Waals surface area contributed by atoms with Crippen LogP contribution in [-0.2, 0) is 0 Å². The molecule has 6 nitrogen and oxygen atoms in total. The molecule has 0 saturated carbocycles. The van der Waals surface area contributed by atoms with Crippen LogP contribution in [0, 0.1) is 20.8 Å². The summed E-state index contributed by atoms with van der Waals surface area (Å²) in [5.41, 5.74) is 11.8. The van der Waals surface area contributed by atoms with Gasteiger partial charge < -0.3 is 16.0 Å². The third-order valence-electron chi connectivity index (χ3n) is 5.12. The first-order valence-corrected chi connectivity index (χ1v) is 9.87. The fourth-order valence-electron chi connectivity index (χ4n) is 3.96. The van der Waals surface area contributed by atoms with Crippen molar-refractivity contribution in [3.05, 3.63) is 59.2 Å². The molecule has 6 heteroatoms. The maximum Gasteiger partial charge on any atom is 0.222 e. The van der Waals surface area contributed by atoms with Crippen molar-refractivity contribution in [1.29, 1.82) is 0 Å². The molecule has 4 rings (SSSR count). The van der Waals surface area contributed by atoms with E-state index in [-0.39, 0.29) is 6.29 Å². The summed E-state index contributed by atoms with van der Waals surface area (Å²) in [5.74, 6) is 1.19. The van der Waals surface area contributed by atoms with Gasteiger partial charge in [0.15, 0.2) is 0 Å². The molecular weight excluding hydrogens is 348 g/mol. The van der Waals surface area contributed by atoms with Crippen LogP contribution >= 0.6 is 0 Å². The molecule has 2 aliphatic heterocycles. The van der Waals surface area contributed by atoms with Crippen LogP contribution in [0.5, 0.6) is 0 Å². The van der Waals surface area contributed by atoms with Gasteiger partial charge in [0, 0.05) is 24.5 Å². The number of likely N-dealkylation sites (tertiary alicyclic amines) is 1. The first kappa shape index (κ1) is 18.3. The Morgan fingerprint density at radius 2 is 1.68 bits per heavy atom. The van der Waals surface area contributed by atoms with Crippen molar-refractivity contribution in [2.45, 2.75) is 39.9 Å². The van der Waals surface area contributed by atoms with Crippen molar-refractivity contribution in [2.24, 2.45) is 15.7 Å². The number of anilines is 2. The highest BCUT2D eigenvalue weighted by atomic mass is 15.5. The van der Waals surface area contributed by atoms with Gasteiger partial charge in [-0.25, -0.2) is 4.99 Å². The molecule has 0 bridgehead atoms. The molecule has 0 aromatic heterocycles. The van der Waals surface area contributed by atoms with Gasteiger partial charge in [-0.15, -0.1) is 0 Å². The Kier molecular flexibility index (Phi) is 4.94. The van der Waals surface area contributed by atoms with E-state index in [1.807, 2.05) is 0 Å². The summed E-state index contributed by atoms with van der Waals surface area (Å²) < 4.78 is 0. The van der Waals surface area contributed by atoms with Crippen molar-refractivity contribution in [3.8, 4) is 0 Å². The number of hydrogen-bond donors (Lipinski definition) is 2. The average Bonchev–Trinajstić information content (AvgIpc) is 3.15. The first-order chi connectivity index (χ1) is 13.5. The van der Waals surface area contributed by atoms with Crippen LogP contribution in [-0.4, -0.2) is 36.2 Å². The Labute approximate surface area is 166 Å². The minimum atomic E-state index is -0.351. The molecule has 0 spiro atoms. The predicted molar refractivity (Wildman–Crippen MR) is 117 cm³/mol. The lowest BCUT2D eigenvalue weighted by Gasteiger charge is -2.38. The molecule has 3 N–H and O–H groups in total. The highest BCUT2D eigenvalue weighted by Crippen LogP contribution is 2.26. The first-order valence-electron chi connectivity index (χ1n) is 9.87. The van der Waals surface area contributed by atoms with Gasteiger partial charge in [-0.05, 0) is 74.6 Å². The molecule has 2 aromatic carbocycles. The van der Waals surface area contributed by atoms with Gasteiger partial charge in [-0.1, -0.05) is 18.2 Å². The second-order valence-electron chi connectivity index (χ2n) is 7.70. The van der Waals surface area contributed by atoms with Crippen molar-refractivity contribution in [1.82, 2.24) is 4.90 Å². The van der Waals surface area contributed by atoms with Crippen molar-refractivity contribution in [3.63, 3.8) is 0 Å². The summed E-state index contributed by atoms with van der Waals surface area (Å²) in [6.45, 7) is 8.29. The monoisotopic (exact) mass is 376 g/mol. The summed E-state index contributed by atoms with van der Waals surface area (Å²) in [4.78, 5) is 13.7. The molecule has 28 heavy (non-hydrogen) atoms. The van der Waals surface area contributed by atoms with E-state index >= 15 is 0 Å². The van der Waals surface area contributed by atoms with Crippen LogP contribution in [0.25, 0.3) is 0 Å². The van der Waals surface area contributed by atoms with E-state index < -0.39 is 0 Å². The topological polar surface area (TPSA) is 69.2 Å². The molecule has 1 atom stereocenters. The maximum atomic E-state index is 6.14. The molecule has 0 aliphatic carbocycles. The molecule has 1 fully saturated rings. The molecule has 1 saturated heterocycles. The average molecular weight is 377 g/mol. The normalized spacial score (nSPS) is 19.5. The van der Waals surface area contributed by atoms with E-state index in [0.717, 1.165) is 30.4 Å². The Bertz CT molecular complexity index is 906. The summed E-state index contributed by atoms with van der Waals surface area (Å²) in [7, 11) is 0. The Morgan fingerprint density at radius 1 is 0.964 bits per heavy atom. The van der Waals surface area contributed by atoms with E-state index in [4.69, 9.17) is 5.73 Å². The number of nitrogens with zero attached hydrogens (tertiary/aromatic N) is 4. The SMILES string of the molecule is Cc1cc(C)cc(NC2N=C(N)N=C(N3CCCC3)N2c2cccc(C)c2)c1. The van der Waals surface area contributed by atoms with E-state index in [9.17, 15) is 0 Å². The van der Waals surface area contributed by atoms with Gasteiger partial charge in [0.25, 0.3) is 0 Å². The predicted octanol–water partition coefficient (Wildman–Crippen LogP) is 3.59. The standard InChI is InChI=1S/C22H28N6/c1-15-7-6-8-19(14-15)28-21(24-18-12-16(2)11-17(3)13-18)25-20(23)26-22(28)27-9-4-5-10-27/h6-8,11-14,21,24H,4-5,9-10H2,1-3H3,(H2,23,25). The van der Waals surface area contributed by atoms with Gasteiger partial charge in [0.05, 0.1) is 0 Å². The Hall–Kier alpha value is -3.02. The van der Waals surface area contributed by atoms with Gasteiger partial charge >= 0.3 is 0 Å². The number of guanidine groups is 2. The van der Waals surface area contributed by atoms with Crippen molar-refractivity contribution in [2.75, 3.05) is 23.3 Å². The number of rotatable bonds is 3. The van der Waals surface area contributed by atoms with Crippen molar-refractivity contribution >= 4 is 23.3 Å². The molecule has 2 aliphatic rings. The van der Waals surface area contributed by atoms with Crippen LogP contribution in [0.2, 0.25) is 0 Å². The zero-order chi connectivity index (χ0) is 19.7. The van der Waals surface area contributed by atoms with Gasteiger partial charge in [0.2, 0.25) is 18.2 Å². The number of nitrogens with one attached hydrogen (secondary N) is 1. The summed E-state index contributed by atoms with van der Waals surface area (Å²) in [6, 6.07) is 14.9. The molecule has 0 radical (unpaired) electrons. The lowest BCUT2D eigenvalue weighted by Crippen LogP contribution is -2.54. The highest BCUT2D eigenvalue weighted by molar-refractivity contribution is 6.06. The summed E-state index contributed by atoms with van der Waals surface area (Å²) >= 11 is 0. The van der Waals surface area contributed by atoms with Crippen molar-refractivity contribution < 1.29 is 0 Å². The van der Waals surface area contributed by atoms with Crippen LogP contribution in [0.4, 0.5) is 11.4 Å². The van der Waals surface area contributed by atoms with E-state index in [0.29, 0.717) is 5.96 Å². The molecule has 2 heterocycles. The smallest absolute Gasteiger partial charge is 0.222 e. The second-order valence-corrected chi connectivity index (χ2v) is 7.70. The molecule has 1 unspecified atom stereocenters. The van der Waals surface area contributed by atoms with Crippen LogP contribution in [0.3, 0.4) is 0 Å². The van der Waals surface area contributed by atoms with E-state index in [1.54, 1.807) is 0 Å². The Balaban J connectivity index is 1.74. The Morgan fingerprint density at radius 3 is 2.36 bits per heavy atom. The van der Waals surface area contributed by atoms with Gasteiger partial charge in [0.1, 0.15) is 0 Å². The summed E-state index contributed by atoms with van der Waals surface area (Å²) in [5, 5.41) is 3.57. The van der Waals surface area contributed by atoms with Gasteiger partial charge in [-0.3, -0.25) is 4.90 Å². The number of aryl methyl sites for hydroxylation is 3. The quantitative estimate of drug-likeness (QED) is 0.859. The highest BCUT2D eigenvalue weighted by Gasteiger charge is 2.32. The summed E-state index contributed by atoms with van der Waals surface area (Å²) in [6.07, 6.45) is 2.00. The lowest BCUT2D eigenvalue weighted by atomic mass is 10.1. The maximum absolute atomic E-state index is 6.14. The minimum absolute atomic E-state index is 0.313. The zero-order valence-electron chi connectivity index (χ0n) is 16.8. The lowest BCUT2D eigenvalue weighted by molar-refractivity contribution is 0.497. The largest absolute Gasteiger partial charge is 0.368 e. The molecular formula is C22H28N6. The molecule has 146 valence electrons. The fourth-order valence-corrected chi connectivity index (χ4v) is 3.96. The van der Waals surface area contributed by atoms with Crippen LogP contribution < -0.4 is 16.0 Å². The number of nitrogens with two attached hydrogens (primary N) is 1. The van der Waals surface area contributed by atoms with Crippen LogP contribution in [0.1, 0.15) is 29.5 Å². The van der Waals surface area contributed by atoms with E-state index in [1.165, 1.54) is 29.5 Å². The number of hydrogen-bond acceptors (Lipinski definition) is 6. The third kappa shape index (κ3) is 3.81. The second kappa shape index (κ2) is 7.54. The fraction of sp³-hybridized carbons (Fsp3) is 0.364. The van der Waals surface area contributed by atoms with E-state index in [2.05, 4.69) is 88.3 Å². The van der Waals surface area contributed by atoms with Gasteiger partial charge in [-0.2, -0.15) is 4.99 Å².